The van der Waals surface area contributed by atoms with Gasteiger partial charge in [-0.3, -0.25) is 37.3 Å². The van der Waals surface area contributed by atoms with Gasteiger partial charge in [-0.05, 0) is 25.7 Å². The lowest BCUT2D eigenvalue weighted by atomic mass is 10.0. The Morgan fingerprint density at radius 1 is 0.258 bits per heavy atom. The van der Waals surface area contributed by atoms with Gasteiger partial charge in [0.2, 0.25) is 0 Å². The van der Waals surface area contributed by atoms with Crippen molar-refractivity contribution in [1.29, 1.82) is 0 Å². The van der Waals surface area contributed by atoms with Gasteiger partial charge in [-0.15, -0.1) is 0 Å². The maximum absolute atomic E-state index is 13.1. The minimum absolute atomic E-state index is 0.108. The number of ether oxygens (including phenoxy) is 4. The van der Waals surface area contributed by atoms with Crippen LogP contribution in [0.2, 0.25) is 0 Å². The van der Waals surface area contributed by atoms with Crippen LogP contribution in [0.25, 0.3) is 0 Å². The van der Waals surface area contributed by atoms with Gasteiger partial charge < -0.3 is 33.8 Å². The van der Waals surface area contributed by atoms with Crippen molar-refractivity contribution in [3.63, 3.8) is 0 Å². The molecule has 0 fully saturated rings. The molecular weight excluding hydrogens is 1220 g/mol. The van der Waals surface area contributed by atoms with Crippen molar-refractivity contribution in [3.8, 4) is 0 Å². The first kappa shape index (κ1) is 91.1. The molecule has 0 heterocycles. The Labute approximate surface area is 568 Å². The van der Waals surface area contributed by atoms with E-state index in [2.05, 4.69) is 27.7 Å². The molecule has 552 valence electrons. The quantitative estimate of drug-likeness (QED) is 0.0222. The first-order valence-electron chi connectivity index (χ1n) is 38.8. The Kier molecular flexibility index (Phi) is 67.1. The van der Waals surface area contributed by atoms with Crippen LogP contribution >= 0.6 is 15.6 Å². The van der Waals surface area contributed by atoms with Crippen LogP contribution in [-0.2, 0) is 65.4 Å². The first-order valence-corrected chi connectivity index (χ1v) is 41.8. The van der Waals surface area contributed by atoms with E-state index in [1.54, 1.807) is 0 Å². The molecule has 0 aromatic heterocycles. The van der Waals surface area contributed by atoms with E-state index in [1.165, 1.54) is 225 Å². The van der Waals surface area contributed by atoms with Crippen molar-refractivity contribution in [2.75, 3.05) is 39.6 Å². The van der Waals surface area contributed by atoms with Gasteiger partial charge in [0.1, 0.15) is 19.3 Å². The van der Waals surface area contributed by atoms with E-state index in [-0.39, 0.29) is 25.7 Å². The van der Waals surface area contributed by atoms with Crippen molar-refractivity contribution in [1.82, 2.24) is 0 Å². The highest BCUT2D eigenvalue weighted by Gasteiger charge is 2.30. The normalized spacial score (nSPS) is 13.9. The molecule has 0 rings (SSSR count). The summed E-state index contributed by atoms with van der Waals surface area (Å²) in [5, 5.41) is 10.6. The lowest BCUT2D eigenvalue weighted by molar-refractivity contribution is -0.161. The number of carbonyl (C=O) groups is 4. The number of carbonyl (C=O) groups excluding carboxylic acids is 4. The van der Waals surface area contributed by atoms with Crippen LogP contribution in [0.4, 0.5) is 0 Å². The molecule has 0 saturated heterocycles. The Hall–Kier alpha value is -1.94. The number of hydrogen-bond donors (Lipinski definition) is 3. The third kappa shape index (κ3) is 68.4. The van der Waals surface area contributed by atoms with E-state index >= 15 is 0 Å². The molecule has 19 heteroatoms. The zero-order valence-electron chi connectivity index (χ0n) is 60.2. The highest BCUT2D eigenvalue weighted by Crippen LogP contribution is 2.45. The summed E-state index contributed by atoms with van der Waals surface area (Å²) >= 11 is 0. The summed E-state index contributed by atoms with van der Waals surface area (Å²) in [4.78, 5) is 72.7. The zero-order chi connectivity index (χ0) is 68.2. The van der Waals surface area contributed by atoms with Crippen LogP contribution in [0, 0.1) is 0 Å². The largest absolute Gasteiger partial charge is 0.472 e. The maximum Gasteiger partial charge on any atom is 0.472 e. The number of aliphatic hydroxyl groups excluding tert-OH is 1. The predicted molar refractivity (Wildman–Crippen MR) is 377 cm³/mol. The van der Waals surface area contributed by atoms with Gasteiger partial charge in [0.05, 0.1) is 26.4 Å². The van der Waals surface area contributed by atoms with E-state index in [9.17, 15) is 43.2 Å². The molecule has 93 heavy (non-hydrogen) atoms. The molecule has 0 aromatic rings. The molecule has 0 amide bonds. The summed E-state index contributed by atoms with van der Waals surface area (Å²) in [5.74, 6) is -2.11. The topological polar surface area (TPSA) is 237 Å². The van der Waals surface area contributed by atoms with E-state index in [4.69, 9.17) is 37.0 Å². The molecule has 0 bridgehead atoms. The fourth-order valence-corrected chi connectivity index (χ4v) is 13.0. The van der Waals surface area contributed by atoms with Crippen LogP contribution in [0.1, 0.15) is 394 Å². The van der Waals surface area contributed by atoms with Gasteiger partial charge in [-0.2, -0.15) is 0 Å². The van der Waals surface area contributed by atoms with Crippen molar-refractivity contribution in [3.05, 3.63) is 0 Å². The van der Waals surface area contributed by atoms with Crippen LogP contribution in [0.3, 0.4) is 0 Å². The zero-order valence-corrected chi connectivity index (χ0v) is 62.0. The number of hydrogen-bond acceptors (Lipinski definition) is 15. The SMILES string of the molecule is CCCCCCCCCCCCCCCCCCCC(=O)O[C@H](COC(=O)CCCCCCCCCCCCCC)COP(=O)(O)OCC(O)COP(=O)(O)OC[C@@H](COC(=O)CCCCCCCCCCCCCC)OC(=O)CCCCCCCCCCCCCC. The van der Waals surface area contributed by atoms with Gasteiger partial charge in [0, 0.05) is 25.7 Å². The maximum atomic E-state index is 13.1. The second-order valence-corrected chi connectivity index (χ2v) is 29.6. The molecular formula is C74H144O17P2. The van der Waals surface area contributed by atoms with Crippen molar-refractivity contribution in [2.24, 2.45) is 0 Å². The van der Waals surface area contributed by atoms with Gasteiger partial charge >= 0.3 is 39.5 Å². The van der Waals surface area contributed by atoms with E-state index in [1.807, 2.05) is 0 Å². The Bertz CT molecular complexity index is 1770. The molecule has 0 radical (unpaired) electrons. The molecule has 17 nitrogen and oxygen atoms in total. The molecule has 0 saturated carbocycles. The van der Waals surface area contributed by atoms with E-state index < -0.39 is 97.5 Å². The monoisotopic (exact) mass is 1370 g/mol. The Balaban J connectivity index is 5.24. The van der Waals surface area contributed by atoms with Crippen LogP contribution in [0.15, 0.2) is 0 Å². The summed E-state index contributed by atoms with van der Waals surface area (Å²) < 4.78 is 68.5. The lowest BCUT2D eigenvalue weighted by Gasteiger charge is -2.21. The minimum atomic E-state index is -4.95. The predicted octanol–water partition coefficient (Wildman–Crippen LogP) is 21.8. The first-order chi connectivity index (χ1) is 45.2. The standard InChI is InChI=1S/C74H144O17P2/c1-5-9-13-17-21-25-29-33-34-35-36-37-41-45-49-53-57-61-74(79)91-70(65-85-72(77)59-55-51-47-43-39-31-27-23-19-15-11-7-3)67-89-93(82,83)87-63-68(75)62-86-92(80,81)88-66-69(90-73(78)60-56-52-48-44-40-32-28-24-20-16-12-8-4)64-84-71(76)58-54-50-46-42-38-30-26-22-18-14-10-6-2/h68-70,75H,5-67H2,1-4H3,(H,80,81)(H,82,83)/t68?,69-,70-/m1/s1. The molecule has 5 atom stereocenters. The van der Waals surface area contributed by atoms with Gasteiger partial charge in [-0.1, -0.05) is 342 Å². The van der Waals surface area contributed by atoms with E-state index in [0.717, 1.165) is 89.9 Å². The number of phosphoric acid groups is 2. The Morgan fingerprint density at radius 2 is 0.430 bits per heavy atom. The fraction of sp³-hybridized carbons (Fsp3) is 0.946. The van der Waals surface area contributed by atoms with Crippen LogP contribution < -0.4 is 0 Å². The highest BCUT2D eigenvalue weighted by molar-refractivity contribution is 7.47. The van der Waals surface area contributed by atoms with Gasteiger partial charge in [0.15, 0.2) is 12.2 Å². The van der Waals surface area contributed by atoms with Gasteiger partial charge in [0.25, 0.3) is 0 Å². The van der Waals surface area contributed by atoms with Crippen molar-refractivity contribution >= 4 is 39.5 Å². The molecule has 3 N–H and O–H groups in total. The molecule has 0 aromatic carbocycles. The average Bonchev–Trinajstić information content (AvgIpc) is 3.42. The van der Waals surface area contributed by atoms with Gasteiger partial charge in [-0.25, -0.2) is 9.13 Å². The third-order valence-corrected chi connectivity index (χ3v) is 19.3. The number of aliphatic hydroxyl groups is 1. The van der Waals surface area contributed by atoms with Crippen LogP contribution in [0.5, 0.6) is 0 Å². The summed E-state index contributed by atoms with van der Waals surface area (Å²) in [7, 11) is -9.90. The summed E-state index contributed by atoms with van der Waals surface area (Å²) in [6, 6.07) is 0. The smallest absolute Gasteiger partial charge is 0.462 e. The number of esters is 4. The summed E-state index contributed by atoms with van der Waals surface area (Å²) in [6.07, 6.45) is 58.0. The minimum Gasteiger partial charge on any atom is -0.462 e. The van der Waals surface area contributed by atoms with Crippen LogP contribution in [-0.4, -0.2) is 96.7 Å². The number of unbranched alkanes of at least 4 members (excludes halogenated alkanes) is 49. The third-order valence-electron chi connectivity index (χ3n) is 17.4. The second kappa shape index (κ2) is 68.6. The molecule has 0 aliphatic heterocycles. The molecule has 3 unspecified atom stereocenters. The van der Waals surface area contributed by atoms with E-state index in [0.29, 0.717) is 25.7 Å². The molecule has 0 spiro atoms. The summed E-state index contributed by atoms with van der Waals surface area (Å²) in [5.41, 5.74) is 0. The summed E-state index contributed by atoms with van der Waals surface area (Å²) in [6.45, 7) is 4.98. The van der Waals surface area contributed by atoms with Crippen molar-refractivity contribution < 1.29 is 80.2 Å². The number of rotatable bonds is 75. The average molecular weight is 1370 g/mol. The van der Waals surface area contributed by atoms with Crippen molar-refractivity contribution in [2.45, 2.75) is 412 Å². The molecule has 0 aliphatic carbocycles. The Morgan fingerprint density at radius 3 is 0.634 bits per heavy atom. The lowest BCUT2D eigenvalue weighted by Crippen LogP contribution is -2.30. The second-order valence-electron chi connectivity index (χ2n) is 26.7. The number of phosphoric ester groups is 2. The molecule has 0 aliphatic rings. The fourth-order valence-electron chi connectivity index (χ4n) is 11.4. The highest BCUT2D eigenvalue weighted by atomic mass is 31.2.